The second-order valence-corrected chi connectivity index (χ2v) is 3.41. The van der Waals surface area contributed by atoms with Crippen LogP contribution in [0.4, 0.5) is 0 Å². The Hall–Kier alpha value is -0.120. The van der Waals surface area contributed by atoms with Gasteiger partial charge in [0.25, 0.3) is 0 Å². The molecule has 0 bridgehead atoms. The third kappa shape index (κ3) is 8.22. The van der Waals surface area contributed by atoms with Crippen LogP contribution >= 0.6 is 0 Å². The zero-order valence-electron chi connectivity index (χ0n) is 8.84. The van der Waals surface area contributed by atoms with Gasteiger partial charge in [-0.25, -0.2) is 0 Å². The molecule has 0 spiro atoms. The number of rotatable bonds is 9. The minimum absolute atomic E-state index is 0.316. The van der Waals surface area contributed by atoms with Crippen LogP contribution in [0.3, 0.4) is 0 Å². The van der Waals surface area contributed by atoms with Crippen molar-refractivity contribution in [2.24, 2.45) is 5.73 Å². The average molecular weight is 188 g/mol. The van der Waals surface area contributed by atoms with Gasteiger partial charge in [-0.05, 0) is 51.9 Å². The molecule has 0 fully saturated rings. The first-order valence-electron chi connectivity index (χ1n) is 5.38. The number of hydrogen-bond donors (Lipinski definition) is 2. The smallest absolute Gasteiger partial charge is 0.0431 e. The van der Waals surface area contributed by atoms with Crippen LogP contribution in [0.15, 0.2) is 0 Å². The first-order valence-corrected chi connectivity index (χ1v) is 5.38. The van der Waals surface area contributed by atoms with E-state index in [1.54, 1.807) is 0 Å². The zero-order valence-corrected chi connectivity index (χ0v) is 8.84. The van der Waals surface area contributed by atoms with Crippen LogP contribution in [0.5, 0.6) is 0 Å². The summed E-state index contributed by atoms with van der Waals surface area (Å²) in [7, 11) is 0. The molecule has 0 aliphatic heterocycles. The van der Waals surface area contributed by atoms with Crippen LogP contribution in [-0.4, -0.2) is 42.8 Å². The van der Waals surface area contributed by atoms with Gasteiger partial charge in [0.2, 0.25) is 0 Å². The maximum Gasteiger partial charge on any atom is 0.0431 e. The molecule has 0 saturated heterocycles. The molecule has 0 unspecified atom stereocenters. The van der Waals surface area contributed by atoms with E-state index in [2.05, 4.69) is 11.8 Å². The molecule has 0 saturated carbocycles. The Morgan fingerprint density at radius 2 is 1.77 bits per heavy atom. The van der Waals surface area contributed by atoms with Gasteiger partial charge < -0.3 is 15.7 Å². The quantitative estimate of drug-likeness (QED) is 0.527. The van der Waals surface area contributed by atoms with Gasteiger partial charge in [0.15, 0.2) is 0 Å². The lowest BCUT2D eigenvalue weighted by molar-refractivity contribution is 0.240. The third-order valence-electron chi connectivity index (χ3n) is 2.10. The molecule has 0 heterocycles. The van der Waals surface area contributed by atoms with Crippen molar-refractivity contribution in [1.29, 1.82) is 0 Å². The number of aliphatic hydroxyl groups is 1. The van der Waals surface area contributed by atoms with Gasteiger partial charge in [0, 0.05) is 6.61 Å². The molecule has 3 N–H and O–H groups in total. The summed E-state index contributed by atoms with van der Waals surface area (Å²) in [6, 6.07) is 0. The molecule has 0 atom stereocenters. The van der Waals surface area contributed by atoms with Crippen LogP contribution in [0.2, 0.25) is 0 Å². The maximum absolute atomic E-state index is 8.65. The van der Waals surface area contributed by atoms with Crippen molar-refractivity contribution in [3.63, 3.8) is 0 Å². The van der Waals surface area contributed by atoms with Crippen molar-refractivity contribution >= 4 is 0 Å². The molecule has 0 aliphatic carbocycles. The van der Waals surface area contributed by atoms with Gasteiger partial charge in [-0.1, -0.05) is 6.92 Å². The predicted molar refractivity (Wildman–Crippen MR) is 56.7 cm³/mol. The Morgan fingerprint density at radius 3 is 2.31 bits per heavy atom. The van der Waals surface area contributed by atoms with Crippen LogP contribution in [0, 0.1) is 0 Å². The first-order chi connectivity index (χ1) is 6.35. The second kappa shape index (κ2) is 9.96. The summed E-state index contributed by atoms with van der Waals surface area (Å²) in [4.78, 5) is 2.43. The minimum Gasteiger partial charge on any atom is -0.396 e. The van der Waals surface area contributed by atoms with Gasteiger partial charge in [-0.3, -0.25) is 0 Å². The Kier molecular flexibility index (Phi) is 9.87. The van der Waals surface area contributed by atoms with Crippen molar-refractivity contribution in [2.45, 2.75) is 32.6 Å². The van der Waals surface area contributed by atoms with Gasteiger partial charge >= 0.3 is 0 Å². The molecule has 0 aliphatic rings. The van der Waals surface area contributed by atoms with E-state index in [-0.39, 0.29) is 0 Å². The van der Waals surface area contributed by atoms with Crippen molar-refractivity contribution in [3.8, 4) is 0 Å². The second-order valence-electron chi connectivity index (χ2n) is 3.41. The molecule has 3 heteroatoms. The molecule has 0 amide bonds. The third-order valence-corrected chi connectivity index (χ3v) is 2.10. The lowest BCUT2D eigenvalue weighted by Crippen LogP contribution is -2.28. The van der Waals surface area contributed by atoms with Crippen LogP contribution in [0.25, 0.3) is 0 Å². The largest absolute Gasteiger partial charge is 0.396 e. The van der Waals surface area contributed by atoms with E-state index in [9.17, 15) is 0 Å². The summed E-state index contributed by atoms with van der Waals surface area (Å²) in [6.07, 6.45) is 4.30. The number of nitrogens with zero attached hydrogens (tertiary/aromatic N) is 1. The fraction of sp³-hybridized carbons (Fsp3) is 1.00. The van der Waals surface area contributed by atoms with Crippen molar-refractivity contribution in [1.82, 2.24) is 4.90 Å². The summed E-state index contributed by atoms with van der Waals surface area (Å²) >= 11 is 0. The Bertz CT molecular complexity index is 98.9. The zero-order chi connectivity index (χ0) is 9.94. The van der Waals surface area contributed by atoms with E-state index in [0.29, 0.717) is 6.61 Å². The van der Waals surface area contributed by atoms with Crippen LogP contribution < -0.4 is 5.73 Å². The van der Waals surface area contributed by atoms with Crippen molar-refractivity contribution in [2.75, 3.05) is 32.8 Å². The minimum atomic E-state index is 0.316. The number of unbranched alkanes of at least 4 members (excludes halogenated alkanes) is 1. The lowest BCUT2D eigenvalue weighted by Gasteiger charge is -2.20. The highest BCUT2D eigenvalue weighted by Crippen LogP contribution is 1.97. The van der Waals surface area contributed by atoms with Crippen molar-refractivity contribution in [3.05, 3.63) is 0 Å². The van der Waals surface area contributed by atoms with Gasteiger partial charge in [0.1, 0.15) is 0 Å². The monoisotopic (exact) mass is 188 g/mol. The van der Waals surface area contributed by atoms with Crippen LogP contribution in [-0.2, 0) is 0 Å². The van der Waals surface area contributed by atoms with Gasteiger partial charge in [-0.2, -0.15) is 0 Å². The molecule has 0 aromatic carbocycles. The predicted octanol–water partition coefficient (Wildman–Crippen LogP) is 0.820. The molecule has 3 nitrogen and oxygen atoms in total. The van der Waals surface area contributed by atoms with E-state index >= 15 is 0 Å². The Balaban J connectivity index is 3.41. The highest BCUT2D eigenvalue weighted by molar-refractivity contribution is 4.57. The van der Waals surface area contributed by atoms with Crippen molar-refractivity contribution < 1.29 is 5.11 Å². The summed E-state index contributed by atoms with van der Waals surface area (Å²) in [5, 5.41) is 8.65. The first kappa shape index (κ1) is 12.9. The molecule has 0 radical (unpaired) electrons. The fourth-order valence-electron chi connectivity index (χ4n) is 1.41. The number of hydrogen-bond acceptors (Lipinski definition) is 3. The fourth-order valence-corrected chi connectivity index (χ4v) is 1.41. The topological polar surface area (TPSA) is 49.5 Å². The average Bonchev–Trinajstić information content (AvgIpc) is 2.14. The summed E-state index contributed by atoms with van der Waals surface area (Å²) in [6.45, 7) is 6.66. The Labute approximate surface area is 81.9 Å². The molecule has 0 rings (SSSR count). The van der Waals surface area contributed by atoms with E-state index in [1.165, 1.54) is 6.42 Å². The number of aliphatic hydroxyl groups excluding tert-OH is 1. The summed E-state index contributed by atoms with van der Waals surface area (Å²) in [5.74, 6) is 0. The van der Waals surface area contributed by atoms with Gasteiger partial charge in [-0.15, -0.1) is 0 Å². The summed E-state index contributed by atoms with van der Waals surface area (Å²) in [5.41, 5.74) is 5.46. The SMILES string of the molecule is CCCN(CCCN)CCCCO. The lowest BCUT2D eigenvalue weighted by atomic mass is 10.2. The molecular weight excluding hydrogens is 164 g/mol. The summed E-state index contributed by atoms with van der Waals surface area (Å²) < 4.78 is 0. The van der Waals surface area contributed by atoms with Crippen LogP contribution in [0.1, 0.15) is 32.6 Å². The molecule has 0 aromatic rings. The molecule has 0 aromatic heterocycles. The van der Waals surface area contributed by atoms with E-state index in [1.807, 2.05) is 0 Å². The molecule has 13 heavy (non-hydrogen) atoms. The Morgan fingerprint density at radius 1 is 1.08 bits per heavy atom. The highest BCUT2D eigenvalue weighted by Gasteiger charge is 2.01. The van der Waals surface area contributed by atoms with E-state index in [0.717, 1.165) is 45.4 Å². The molecule has 80 valence electrons. The molecular formula is C10H24N2O. The maximum atomic E-state index is 8.65. The van der Waals surface area contributed by atoms with Gasteiger partial charge in [0.05, 0.1) is 0 Å². The number of nitrogens with two attached hydrogens (primary N) is 1. The van der Waals surface area contributed by atoms with E-state index in [4.69, 9.17) is 10.8 Å². The normalized spacial score (nSPS) is 11.1. The van der Waals surface area contributed by atoms with E-state index < -0.39 is 0 Å². The highest BCUT2D eigenvalue weighted by atomic mass is 16.2. The standard InChI is InChI=1S/C10H24N2O/c1-2-7-12(9-5-6-11)8-3-4-10-13/h13H,2-11H2,1H3.